The fraction of sp³-hybridized carbons (Fsp3) is 0.292. The second-order valence-corrected chi connectivity index (χ2v) is 7.52. The zero-order valence-corrected chi connectivity index (χ0v) is 18.2. The number of nitrogens with zero attached hydrogens (tertiary/aromatic N) is 2. The number of anilines is 1. The predicted molar refractivity (Wildman–Crippen MR) is 122 cm³/mol. The molecule has 3 rings (SSSR count). The maximum atomic E-state index is 13.0. The van der Waals surface area contributed by atoms with E-state index in [9.17, 15) is 4.79 Å². The molecule has 1 aromatic heterocycles. The van der Waals surface area contributed by atoms with Gasteiger partial charge in [-0.1, -0.05) is 48.9 Å². The van der Waals surface area contributed by atoms with Crippen molar-refractivity contribution < 1.29 is 9.53 Å². The summed E-state index contributed by atoms with van der Waals surface area (Å²) < 4.78 is 7.33. The normalized spacial score (nSPS) is 10.8. The molecule has 0 saturated carbocycles. The number of benzene rings is 2. The van der Waals surface area contributed by atoms with E-state index in [0.29, 0.717) is 26.2 Å². The zero-order valence-electron chi connectivity index (χ0n) is 17.5. The van der Waals surface area contributed by atoms with Crippen LogP contribution in [0.2, 0.25) is 5.02 Å². The average Bonchev–Trinajstić information content (AvgIpc) is 3.19. The molecule has 1 N–H and O–H groups in total. The summed E-state index contributed by atoms with van der Waals surface area (Å²) in [4.78, 5) is 14.7. The maximum absolute atomic E-state index is 13.0. The number of aryl methyl sites for hydroxylation is 1. The number of nitrogens with one attached hydrogen (secondary N) is 1. The Bertz CT molecular complexity index is 953. The lowest BCUT2D eigenvalue weighted by Crippen LogP contribution is -2.37. The van der Waals surface area contributed by atoms with Gasteiger partial charge in [0, 0.05) is 42.8 Å². The van der Waals surface area contributed by atoms with E-state index in [1.165, 1.54) is 5.56 Å². The summed E-state index contributed by atoms with van der Waals surface area (Å²) >= 11 is 6.33. The van der Waals surface area contributed by atoms with Gasteiger partial charge < -0.3 is 19.5 Å². The van der Waals surface area contributed by atoms with E-state index < -0.39 is 0 Å². The molecule has 2 aromatic carbocycles. The SMILES string of the molecule is CCc1ccc(NC(=O)N(CCOC)Cc2cccn2Cc2ccccc2Cl)cc1. The van der Waals surface area contributed by atoms with Gasteiger partial charge in [0.25, 0.3) is 0 Å². The highest BCUT2D eigenvalue weighted by Gasteiger charge is 2.16. The first-order valence-electron chi connectivity index (χ1n) is 10.1. The van der Waals surface area contributed by atoms with Crippen molar-refractivity contribution in [3.8, 4) is 0 Å². The topological polar surface area (TPSA) is 46.5 Å². The Labute approximate surface area is 183 Å². The molecule has 0 bridgehead atoms. The largest absolute Gasteiger partial charge is 0.383 e. The van der Waals surface area contributed by atoms with Gasteiger partial charge >= 0.3 is 6.03 Å². The monoisotopic (exact) mass is 425 g/mol. The second-order valence-electron chi connectivity index (χ2n) is 7.11. The summed E-state index contributed by atoms with van der Waals surface area (Å²) in [7, 11) is 1.64. The molecule has 0 atom stereocenters. The van der Waals surface area contributed by atoms with Crippen LogP contribution in [0.3, 0.4) is 0 Å². The number of aromatic nitrogens is 1. The van der Waals surface area contributed by atoms with Gasteiger partial charge in [0.1, 0.15) is 0 Å². The van der Waals surface area contributed by atoms with E-state index in [0.717, 1.165) is 28.4 Å². The van der Waals surface area contributed by atoms with Crippen LogP contribution in [0.1, 0.15) is 23.7 Å². The highest BCUT2D eigenvalue weighted by Crippen LogP contribution is 2.18. The third-order valence-electron chi connectivity index (χ3n) is 5.04. The lowest BCUT2D eigenvalue weighted by atomic mass is 10.1. The van der Waals surface area contributed by atoms with Crippen LogP contribution in [-0.4, -0.2) is 35.8 Å². The number of amides is 2. The third kappa shape index (κ3) is 5.88. The first kappa shape index (κ1) is 21.9. The minimum absolute atomic E-state index is 0.151. The Hall–Kier alpha value is -2.76. The minimum atomic E-state index is -0.151. The molecule has 2 amide bonds. The van der Waals surface area contributed by atoms with Crippen molar-refractivity contribution in [3.63, 3.8) is 0 Å². The highest BCUT2D eigenvalue weighted by molar-refractivity contribution is 6.31. The molecule has 6 heteroatoms. The number of hydrogen-bond donors (Lipinski definition) is 1. The van der Waals surface area contributed by atoms with Gasteiger partial charge in [0.2, 0.25) is 0 Å². The average molecular weight is 426 g/mol. The molecule has 5 nitrogen and oxygen atoms in total. The smallest absolute Gasteiger partial charge is 0.322 e. The number of carbonyl (C=O) groups excluding carboxylic acids is 1. The van der Waals surface area contributed by atoms with Crippen LogP contribution in [0.5, 0.6) is 0 Å². The van der Waals surface area contributed by atoms with Crippen molar-refractivity contribution in [3.05, 3.63) is 88.7 Å². The van der Waals surface area contributed by atoms with Crippen molar-refractivity contribution in [2.24, 2.45) is 0 Å². The molecule has 0 fully saturated rings. The summed E-state index contributed by atoms with van der Waals surface area (Å²) in [6.45, 7) is 4.19. The van der Waals surface area contributed by atoms with Crippen LogP contribution in [-0.2, 0) is 24.2 Å². The Morgan fingerprint density at radius 1 is 1.10 bits per heavy atom. The van der Waals surface area contributed by atoms with Gasteiger partial charge in [-0.05, 0) is 47.9 Å². The lowest BCUT2D eigenvalue weighted by Gasteiger charge is -2.24. The van der Waals surface area contributed by atoms with Gasteiger partial charge in [-0.25, -0.2) is 4.79 Å². The fourth-order valence-electron chi connectivity index (χ4n) is 3.23. The minimum Gasteiger partial charge on any atom is -0.383 e. The second kappa shape index (κ2) is 10.9. The molecule has 0 spiro atoms. The fourth-order valence-corrected chi connectivity index (χ4v) is 3.43. The van der Waals surface area contributed by atoms with Crippen LogP contribution < -0.4 is 5.32 Å². The van der Waals surface area contributed by atoms with Crippen molar-refractivity contribution in [2.45, 2.75) is 26.4 Å². The number of halogens is 1. The van der Waals surface area contributed by atoms with Crippen molar-refractivity contribution >= 4 is 23.3 Å². The molecule has 3 aromatic rings. The number of rotatable bonds is 9. The van der Waals surface area contributed by atoms with Crippen molar-refractivity contribution in [1.82, 2.24) is 9.47 Å². The summed E-state index contributed by atoms with van der Waals surface area (Å²) in [5.74, 6) is 0. The van der Waals surface area contributed by atoms with Crippen LogP contribution in [0, 0.1) is 0 Å². The number of methoxy groups -OCH3 is 1. The van der Waals surface area contributed by atoms with Crippen LogP contribution in [0.4, 0.5) is 10.5 Å². The number of carbonyl (C=O) groups is 1. The Kier molecular flexibility index (Phi) is 7.94. The lowest BCUT2D eigenvalue weighted by molar-refractivity contribution is 0.152. The van der Waals surface area contributed by atoms with Gasteiger partial charge in [0.05, 0.1) is 13.2 Å². The summed E-state index contributed by atoms with van der Waals surface area (Å²) in [5, 5.41) is 3.73. The Morgan fingerprint density at radius 3 is 2.57 bits per heavy atom. The zero-order chi connectivity index (χ0) is 21.3. The molecule has 0 radical (unpaired) electrons. The van der Waals surface area contributed by atoms with Crippen molar-refractivity contribution in [2.75, 3.05) is 25.6 Å². The van der Waals surface area contributed by atoms with E-state index in [4.69, 9.17) is 16.3 Å². The Balaban J connectivity index is 1.72. The van der Waals surface area contributed by atoms with Gasteiger partial charge in [-0.3, -0.25) is 0 Å². The molecule has 30 heavy (non-hydrogen) atoms. The third-order valence-corrected chi connectivity index (χ3v) is 5.41. The van der Waals surface area contributed by atoms with Gasteiger partial charge in [-0.15, -0.1) is 0 Å². The molecule has 158 valence electrons. The predicted octanol–water partition coefficient (Wildman–Crippen LogP) is 5.43. The first-order chi connectivity index (χ1) is 14.6. The van der Waals surface area contributed by atoms with Gasteiger partial charge in [-0.2, -0.15) is 0 Å². The summed E-state index contributed by atoms with van der Waals surface area (Å²) in [5.41, 5.74) is 4.09. The van der Waals surface area contributed by atoms with E-state index in [1.807, 2.05) is 66.9 Å². The molecule has 0 aliphatic carbocycles. The molecular formula is C24H28ClN3O2. The molecule has 0 aliphatic rings. The summed E-state index contributed by atoms with van der Waals surface area (Å²) in [6.07, 6.45) is 2.98. The first-order valence-corrected chi connectivity index (χ1v) is 10.5. The van der Waals surface area contributed by atoms with Crippen LogP contribution >= 0.6 is 11.6 Å². The quantitative estimate of drug-likeness (QED) is 0.496. The van der Waals surface area contributed by atoms with E-state index in [1.54, 1.807) is 12.0 Å². The molecule has 1 heterocycles. The van der Waals surface area contributed by atoms with E-state index >= 15 is 0 Å². The highest BCUT2D eigenvalue weighted by atomic mass is 35.5. The molecule has 0 saturated heterocycles. The molecule has 0 unspecified atom stereocenters. The maximum Gasteiger partial charge on any atom is 0.322 e. The van der Waals surface area contributed by atoms with E-state index in [-0.39, 0.29) is 6.03 Å². The standard InChI is InChI=1S/C24H28ClN3O2/c1-3-19-10-12-21(13-11-19)26-24(29)28(15-16-30-2)18-22-8-6-14-27(22)17-20-7-4-5-9-23(20)25/h4-14H,3,15-18H2,1-2H3,(H,26,29). The van der Waals surface area contributed by atoms with Gasteiger partial charge in [0.15, 0.2) is 0 Å². The van der Waals surface area contributed by atoms with Crippen LogP contribution in [0.25, 0.3) is 0 Å². The molecule has 0 aliphatic heterocycles. The molecular weight excluding hydrogens is 398 g/mol. The van der Waals surface area contributed by atoms with Crippen molar-refractivity contribution in [1.29, 1.82) is 0 Å². The van der Waals surface area contributed by atoms with E-state index in [2.05, 4.69) is 16.8 Å². The summed E-state index contributed by atoms with van der Waals surface area (Å²) in [6, 6.07) is 19.6. The number of urea groups is 1. The number of ether oxygens (including phenoxy) is 1. The Morgan fingerprint density at radius 2 is 1.87 bits per heavy atom. The number of hydrogen-bond acceptors (Lipinski definition) is 2. The van der Waals surface area contributed by atoms with Crippen LogP contribution in [0.15, 0.2) is 66.9 Å².